The number of amides is 1. The van der Waals surface area contributed by atoms with Gasteiger partial charge in [0.05, 0.1) is 13.0 Å². The van der Waals surface area contributed by atoms with Crippen LogP contribution in [-0.2, 0) is 4.79 Å². The van der Waals surface area contributed by atoms with E-state index in [1.165, 1.54) is 25.3 Å². The summed E-state index contributed by atoms with van der Waals surface area (Å²) in [5.74, 6) is -2.14. The summed E-state index contributed by atoms with van der Waals surface area (Å²) >= 11 is 0. The number of aliphatic carboxylic acids is 1. The average molecular weight is 295 g/mol. The van der Waals surface area contributed by atoms with Gasteiger partial charge in [0.15, 0.2) is 11.6 Å². The van der Waals surface area contributed by atoms with Gasteiger partial charge >= 0.3 is 5.97 Å². The lowest BCUT2D eigenvalue weighted by atomic mass is 9.96. The van der Waals surface area contributed by atoms with E-state index in [4.69, 9.17) is 9.84 Å². The van der Waals surface area contributed by atoms with Crippen LogP contribution in [0.4, 0.5) is 4.39 Å². The first-order chi connectivity index (χ1) is 10.0. The fourth-order valence-electron chi connectivity index (χ4n) is 2.73. The average Bonchev–Trinajstić information content (AvgIpc) is 2.94. The van der Waals surface area contributed by atoms with Gasteiger partial charge in [0.1, 0.15) is 0 Å². The summed E-state index contributed by atoms with van der Waals surface area (Å²) in [6.45, 7) is 0.315. The van der Waals surface area contributed by atoms with Crippen LogP contribution in [0.1, 0.15) is 29.6 Å². The van der Waals surface area contributed by atoms with E-state index in [0.717, 1.165) is 12.8 Å². The van der Waals surface area contributed by atoms with Gasteiger partial charge in [-0.2, -0.15) is 0 Å². The van der Waals surface area contributed by atoms with Gasteiger partial charge < -0.3 is 15.2 Å². The highest BCUT2D eigenvalue weighted by Gasteiger charge is 2.32. The Morgan fingerprint density at radius 3 is 2.86 bits per heavy atom. The molecule has 0 saturated heterocycles. The number of carboxylic acids is 1. The molecule has 1 aliphatic carbocycles. The molecule has 1 aromatic carbocycles. The van der Waals surface area contributed by atoms with Gasteiger partial charge in [0, 0.05) is 12.1 Å². The SMILES string of the molecule is COc1cc(C(=O)NCC2CCCC2C(=O)O)ccc1F. The van der Waals surface area contributed by atoms with Crippen LogP contribution in [0.25, 0.3) is 0 Å². The molecule has 21 heavy (non-hydrogen) atoms. The highest BCUT2D eigenvalue weighted by atomic mass is 19.1. The lowest BCUT2D eigenvalue weighted by Gasteiger charge is -2.16. The molecule has 2 rings (SSSR count). The molecule has 6 heteroatoms. The molecule has 2 atom stereocenters. The van der Waals surface area contributed by atoms with Crippen molar-refractivity contribution in [2.24, 2.45) is 11.8 Å². The molecule has 1 aliphatic rings. The summed E-state index contributed by atoms with van der Waals surface area (Å²) in [6, 6.07) is 3.87. The van der Waals surface area contributed by atoms with Crippen molar-refractivity contribution in [3.05, 3.63) is 29.6 Å². The zero-order valence-corrected chi connectivity index (χ0v) is 11.8. The van der Waals surface area contributed by atoms with Crippen LogP contribution < -0.4 is 10.1 Å². The molecular weight excluding hydrogens is 277 g/mol. The Labute approximate surface area is 122 Å². The Kier molecular flexibility index (Phi) is 4.77. The van der Waals surface area contributed by atoms with Gasteiger partial charge in [-0.1, -0.05) is 6.42 Å². The second-order valence-corrected chi connectivity index (χ2v) is 5.20. The molecule has 2 N–H and O–H groups in total. The number of carbonyl (C=O) groups is 2. The van der Waals surface area contributed by atoms with Crippen LogP contribution >= 0.6 is 0 Å². The van der Waals surface area contributed by atoms with E-state index in [1.807, 2.05) is 0 Å². The monoisotopic (exact) mass is 295 g/mol. The number of halogens is 1. The van der Waals surface area contributed by atoms with Crippen LogP contribution in [0, 0.1) is 17.7 Å². The quantitative estimate of drug-likeness (QED) is 0.872. The summed E-state index contributed by atoms with van der Waals surface area (Å²) < 4.78 is 18.1. The Balaban J connectivity index is 1.97. The third kappa shape index (κ3) is 3.51. The second-order valence-electron chi connectivity index (χ2n) is 5.20. The lowest BCUT2D eigenvalue weighted by Crippen LogP contribution is -2.33. The van der Waals surface area contributed by atoms with Crippen molar-refractivity contribution in [1.82, 2.24) is 5.32 Å². The molecule has 0 radical (unpaired) electrons. The Hall–Kier alpha value is -2.11. The Morgan fingerprint density at radius 1 is 1.43 bits per heavy atom. The van der Waals surface area contributed by atoms with Gasteiger partial charge in [-0.3, -0.25) is 9.59 Å². The molecule has 0 bridgehead atoms. The molecule has 5 nitrogen and oxygen atoms in total. The van der Waals surface area contributed by atoms with E-state index < -0.39 is 17.7 Å². The predicted molar refractivity (Wildman–Crippen MR) is 73.8 cm³/mol. The smallest absolute Gasteiger partial charge is 0.306 e. The van der Waals surface area contributed by atoms with Crippen molar-refractivity contribution in [2.45, 2.75) is 19.3 Å². The molecule has 0 aromatic heterocycles. The second kappa shape index (κ2) is 6.56. The minimum atomic E-state index is -0.810. The van der Waals surface area contributed by atoms with Crippen LogP contribution in [-0.4, -0.2) is 30.6 Å². The molecule has 0 heterocycles. The number of rotatable bonds is 5. The third-order valence-corrected chi connectivity index (χ3v) is 3.91. The number of carbonyl (C=O) groups excluding carboxylic acids is 1. The molecular formula is C15H18FNO4. The largest absolute Gasteiger partial charge is 0.494 e. The highest BCUT2D eigenvalue weighted by Crippen LogP contribution is 2.31. The third-order valence-electron chi connectivity index (χ3n) is 3.91. The van der Waals surface area contributed by atoms with E-state index in [2.05, 4.69) is 5.32 Å². The van der Waals surface area contributed by atoms with Crippen LogP contribution in [0.15, 0.2) is 18.2 Å². The summed E-state index contributed by atoms with van der Waals surface area (Å²) in [6.07, 6.45) is 2.31. The molecule has 1 fully saturated rings. The number of benzene rings is 1. The summed E-state index contributed by atoms with van der Waals surface area (Å²) in [5.41, 5.74) is 0.290. The number of carboxylic acid groups (broad SMARTS) is 1. The van der Waals surface area contributed by atoms with Crippen LogP contribution in [0.3, 0.4) is 0 Å². The van der Waals surface area contributed by atoms with Crippen molar-refractivity contribution in [3.63, 3.8) is 0 Å². The molecule has 0 spiro atoms. The fraction of sp³-hybridized carbons (Fsp3) is 0.467. The van der Waals surface area contributed by atoms with E-state index in [0.29, 0.717) is 13.0 Å². The molecule has 2 unspecified atom stereocenters. The Morgan fingerprint density at radius 2 is 2.19 bits per heavy atom. The highest BCUT2D eigenvalue weighted by molar-refractivity contribution is 5.94. The van der Waals surface area contributed by atoms with Crippen molar-refractivity contribution >= 4 is 11.9 Å². The molecule has 1 amide bonds. The molecule has 1 saturated carbocycles. The predicted octanol–water partition coefficient (Wildman–Crippen LogP) is 2.06. The summed E-state index contributed by atoms with van der Waals surface area (Å²) in [5, 5.41) is 11.8. The number of hydrogen-bond donors (Lipinski definition) is 2. The van der Waals surface area contributed by atoms with Crippen molar-refractivity contribution in [2.75, 3.05) is 13.7 Å². The van der Waals surface area contributed by atoms with Gasteiger partial charge in [0.25, 0.3) is 5.91 Å². The van der Waals surface area contributed by atoms with Crippen molar-refractivity contribution < 1.29 is 23.8 Å². The van der Waals surface area contributed by atoms with Gasteiger partial charge in [-0.05, 0) is 37.0 Å². The lowest BCUT2D eigenvalue weighted by molar-refractivity contribution is -0.142. The molecule has 0 aliphatic heterocycles. The first-order valence-corrected chi connectivity index (χ1v) is 6.87. The summed E-state index contributed by atoms with van der Waals surface area (Å²) in [7, 11) is 1.33. The first kappa shape index (κ1) is 15.3. The van der Waals surface area contributed by atoms with Gasteiger partial charge in [-0.15, -0.1) is 0 Å². The maximum absolute atomic E-state index is 13.3. The van der Waals surface area contributed by atoms with Crippen LogP contribution in [0.5, 0.6) is 5.75 Å². The minimum Gasteiger partial charge on any atom is -0.494 e. The normalized spacial score (nSPS) is 21.0. The molecule has 114 valence electrons. The minimum absolute atomic E-state index is 0.00642. The van der Waals surface area contributed by atoms with Crippen LogP contribution in [0.2, 0.25) is 0 Å². The zero-order valence-electron chi connectivity index (χ0n) is 11.8. The van der Waals surface area contributed by atoms with Gasteiger partial charge in [-0.25, -0.2) is 4.39 Å². The van der Waals surface area contributed by atoms with E-state index in [9.17, 15) is 14.0 Å². The summed E-state index contributed by atoms with van der Waals surface area (Å²) in [4.78, 5) is 23.1. The first-order valence-electron chi connectivity index (χ1n) is 6.87. The van der Waals surface area contributed by atoms with E-state index in [1.54, 1.807) is 0 Å². The number of methoxy groups -OCH3 is 1. The fourth-order valence-corrected chi connectivity index (χ4v) is 2.73. The Bertz CT molecular complexity index is 546. The van der Waals surface area contributed by atoms with E-state index >= 15 is 0 Å². The maximum atomic E-state index is 13.3. The van der Waals surface area contributed by atoms with Crippen molar-refractivity contribution in [1.29, 1.82) is 0 Å². The van der Waals surface area contributed by atoms with E-state index in [-0.39, 0.29) is 23.1 Å². The van der Waals surface area contributed by atoms with Crippen molar-refractivity contribution in [3.8, 4) is 5.75 Å². The number of hydrogen-bond acceptors (Lipinski definition) is 3. The maximum Gasteiger partial charge on any atom is 0.306 e. The number of nitrogens with one attached hydrogen (secondary N) is 1. The van der Waals surface area contributed by atoms with Gasteiger partial charge in [0.2, 0.25) is 0 Å². The topological polar surface area (TPSA) is 75.6 Å². The molecule has 1 aromatic rings. The number of ether oxygens (including phenoxy) is 1. The zero-order chi connectivity index (χ0) is 15.4. The standard InChI is InChI=1S/C15H18FNO4/c1-21-13-7-9(5-6-12(13)16)14(18)17-8-10-3-2-4-11(10)15(19)20/h5-7,10-11H,2-4,8H2,1H3,(H,17,18)(H,19,20).